The predicted molar refractivity (Wildman–Crippen MR) is 84.3 cm³/mol. The number of nitrogens with one attached hydrogen (secondary N) is 2. The molecule has 0 radical (unpaired) electrons. The molecule has 3 rings (SSSR count). The molecule has 1 aliphatic rings. The molecule has 0 saturated carbocycles. The first-order chi connectivity index (χ1) is 10.9. The van der Waals surface area contributed by atoms with Crippen LogP contribution in [0.4, 0.5) is 11.4 Å². The zero-order valence-electron chi connectivity index (χ0n) is 13.0. The van der Waals surface area contributed by atoms with E-state index in [1.54, 1.807) is 11.9 Å². The van der Waals surface area contributed by atoms with E-state index in [9.17, 15) is 4.79 Å². The van der Waals surface area contributed by atoms with Gasteiger partial charge in [-0.25, -0.2) is 0 Å². The van der Waals surface area contributed by atoms with Crippen LogP contribution < -0.4 is 10.2 Å². The second-order valence-corrected chi connectivity index (χ2v) is 5.77. The summed E-state index contributed by atoms with van der Waals surface area (Å²) in [4.78, 5) is 13.9. The minimum atomic E-state index is -0.527. The number of amides is 1. The van der Waals surface area contributed by atoms with Crippen LogP contribution in [0.5, 0.6) is 0 Å². The third-order valence-electron chi connectivity index (χ3n) is 3.96. The fraction of sp³-hybridized carbons (Fsp3) is 0.267. The van der Waals surface area contributed by atoms with Crippen molar-refractivity contribution >= 4 is 22.9 Å². The Morgan fingerprint density at radius 2 is 2.26 bits per heavy atom. The molecular weight excluding hydrogens is 294 g/mol. The van der Waals surface area contributed by atoms with E-state index in [0.717, 1.165) is 16.9 Å². The quantitative estimate of drug-likeness (QED) is 0.830. The number of H-pyrrole nitrogens is 1. The van der Waals surface area contributed by atoms with E-state index in [-0.39, 0.29) is 17.3 Å². The van der Waals surface area contributed by atoms with Crippen molar-refractivity contribution in [2.75, 3.05) is 17.3 Å². The van der Waals surface area contributed by atoms with Crippen molar-refractivity contribution in [2.45, 2.75) is 19.3 Å². The van der Waals surface area contributed by atoms with Crippen LogP contribution in [0.1, 0.15) is 25.2 Å². The topological polar surface area (TPSA) is 111 Å². The van der Waals surface area contributed by atoms with Crippen molar-refractivity contribution in [1.29, 1.82) is 5.26 Å². The molecule has 0 unspecified atom stereocenters. The van der Waals surface area contributed by atoms with Gasteiger partial charge in [-0.3, -0.25) is 4.79 Å². The second-order valence-electron chi connectivity index (χ2n) is 5.77. The SMILES string of the molecule is CN1C(=O)C(C)(C)c2ccc(NC=C(C#N)c3nn[nH]n3)cc21. The van der Waals surface area contributed by atoms with Crippen LogP contribution in [-0.4, -0.2) is 33.6 Å². The highest BCUT2D eigenvalue weighted by molar-refractivity contribution is 6.07. The molecule has 2 heterocycles. The molecule has 8 nitrogen and oxygen atoms in total. The van der Waals surface area contributed by atoms with Gasteiger partial charge in [0.15, 0.2) is 0 Å². The monoisotopic (exact) mass is 309 g/mol. The summed E-state index contributed by atoms with van der Waals surface area (Å²) >= 11 is 0. The molecule has 1 amide bonds. The number of allylic oxidation sites excluding steroid dienone is 1. The Bertz CT molecular complexity index is 830. The number of tetrazole rings is 1. The molecule has 2 N–H and O–H groups in total. The van der Waals surface area contributed by atoms with Gasteiger partial charge >= 0.3 is 0 Å². The molecule has 0 spiro atoms. The number of likely N-dealkylation sites (N-methyl/N-ethyl adjacent to an activating group) is 1. The summed E-state index contributed by atoms with van der Waals surface area (Å²) < 4.78 is 0. The van der Waals surface area contributed by atoms with Gasteiger partial charge in [0, 0.05) is 24.6 Å². The average Bonchev–Trinajstić information content (AvgIpc) is 3.12. The lowest BCUT2D eigenvalue weighted by Crippen LogP contribution is -2.33. The highest BCUT2D eigenvalue weighted by Crippen LogP contribution is 2.41. The Morgan fingerprint density at radius 3 is 2.91 bits per heavy atom. The van der Waals surface area contributed by atoms with E-state index in [1.165, 1.54) is 6.20 Å². The van der Waals surface area contributed by atoms with Crippen molar-refractivity contribution in [1.82, 2.24) is 20.6 Å². The fourth-order valence-corrected chi connectivity index (χ4v) is 2.65. The molecule has 1 aromatic heterocycles. The van der Waals surface area contributed by atoms with Gasteiger partial charge in [-0.05, 0) is 36.8 Å². The third-order valence-corrected chi connectivity index (χ3v) is 3.96. The molecule has 0 bridgehead atoms. The zero-order chi connectivity index (χ0) is 16.6. The third kappa shape index (κ3) is 2.32. The van der Waals surface area contributed by atoms with Gasteiger partial charge in [-0.15, -0.1) is 10.2 Å². The summed E-state index contributed by atoms with van der Waals surface area (Å²) in [5.41, 5.74) is 2.33. The maximum absolute atomic E-state index is 12.3. The van der Waals surface area contributed by atoms with E-state index in [4.69, 9.17) is 5.26 Å². The number of anilines is 2. The largest absolute Gasteiger partial charge is 0.360 e. The van der Waals surface area contributed by atoms with E-state index < -0.39 is 5.41 Å². The smallest absolute Gasteiger partial charge is 0.236 e. The first kappa shape index (κ1) is 14.7. The summed E-state index contributed by atoms with van der Waals surface area (Å²) in [6.07, 6.45) is 1.51. The molecule has 0 fully saturated rings. The van der Waals surface area contributed by atoms with E-state index in [1.807, 2.05) is 38.1 Å². The van der Waals surface area contributed by atoms with Crippen LogP contribution in [0.3, 0.4) is 0 Å². The molecular formula is C15H15N7O. The lowest BCUT2D eigenvalue weighted by Gasteiger charge is -2.16. The lowest BCUT2D eigenvalue weighted by atomic mass is 9.86. The van der Waals surface area contributed by atoms with Crippen LogP contribution in [-0.2, 0) is 10.2 Å². The van der Waals surface area contributed by atoms with E-state index in [2.05, 4.69) is 25.9 Å². The van der Waals surface area contributed by atoms with Crippen molar-refractivity contribution in [3.63, 3.8) is 0 Å². The van der Waals surface area contributed by atoms with Crippen LogP contribution in [0.2, 0.25) is 0 Å². The average molecular weight is 309 g/mol. The van der Waals surface area contributed by atoms with Crippen LogP contribution in [0.25, 0.3) is 5.57 Å². The molecule has 0 atom stereocenters. The lowest BCUT2D eigenvalue weighted by molar-refractivity contribution is -0.121. The van der Waals surface area contributed by atoms with Crippen LogP contribution >= 0.6 is 0 Å². The minimum absolute atomic E-state index is 0.0599. The Labute approximate surface area is 132 Å². The summed E-state index contributed by atoms with van der Waals surface area (Å²) in [5.74, 6) is 0.277. The molecule has 0 saturated heterocycles. The van der Waals surface area contributed by atoms with Gasteiger partial charge in [0.25, 0.3) is 0 Å². The minimum Gasteiger partial charge on any atom is -0.360 e. The molecule has 0 aliphatic carbocycles. The highest BCUT2D eigenvalue weighted by atomic mass is 16.2. The molecule has 8 heteroatoms. The number of aromatic amines is 1. The van der Waals surface area contributed by atoms with Gasteiger partial charge in [0.1, 0.15) is 11.6 Å². The normalized spacial score (nSPS) is 16.2. The Morgan fingerprint density at radius 1 is 1.48 bits per heavy atom. The van der Waals surface area contributed by atoms with Crippen LogP contribution in [0.15, 0.2) is 24.4 Å². The zero-order valence-corrected chi connectivity index (χ0v) is 13.0. The number of hydrogen-bond acceptors (Lipinski definition) is 6. The maximum Gasteiger partial charge on any atom is 0.236 e. The number of nitrogens with zero attached hydrogens (tertiary/aromatic N) is 5. The number of aromatic nitrogens is 4. The number of rotatable bonds is 3. The molecule has 116 valence electrons. The van der Waals surface area contributed by atoms with Crippen molar-refractivity contribution in [3.05, 3.63) is 35.8 Å². The Kier molecular flexibility index (Phi) is 3.33. The molecule has 1 aromatic carbocycles. The van der Waals surface area contributed by atoms with Gasteiger partial charge in [0.05, 0.1) is 5.41 Å². The Hall–Kier alpha value is -3.21. The standard InChI is InChI=1S/C15H15N7O/c1-15(2)11-5-4-10(6-12(11)22(3)14(15)23)17-8-9(7-16)13-18-20-21-19-13/h4-6,8,17H,1-3H3,(H,18,19,20,21). The summed E-state index contributed by atoms with van der Waals surface area (Å²) in [6.45, 7) is 3.82. The number of carbonyl (C=O) groups is 1. The molecule has 1 aliphatic heterocycles. The summed E-state index contributed by atoms with van der Waals surface area (Å²) in [6, 6.07) is 7.68. The number of carbonyl (C=O) groups excluding carboxylic acids is 1. The predicted octanol–water partition coefficient (Wildman–Crippen LogP) is 1.43. The highest BCUT2D eigenvalue weighted by Gasteiger charge is 2.42. The van der Waals surface area contributed by atoms with E-state index in [0.29, 0.717) is 0 Å². The fourth-order valence-electron chi connectivity index (χ4n) is 2.65. The van der Waals surface area contributed by atoms with Gasteiger partial charge < -0.3 is 10.2 Å². The van der Waals surface area contributed by atoms with Gasteiger partial charge in [-0.1, -0.05) is 6.07 Å². The Balaban J connectivity index is 1.90. The number of nitriles is 1. The van der Waals surface area contributed by atoms with Crippen molar-refractivity contribution in [2.24, 2.45) is 0 Å². The molecule has 2 aromatic rings. The number of benzene rings is 1. The summed E-state index contributed by atoms with van der Waals surface area (Å²) in [7, 11) is 1.76. The maximum atomic E-state index is 12.3. The first-order valence-electron chi connectivity index (χ1n) is 6.98. The molecule has 23 heavy (non-hydrogen) atoms. The second kappa shape index (κ2) is 5.21. The number of fused-ring (bicyclic) bond motifs is 1. The van der Waals surface area contributed by atoms with Gasteiger partial charge in [0.2, 0.25) is 11.7 Å². The summed E-state index contributed by atoms with van der Waals surface area (Å²) in [5, 5.41) is 25.4. The van der Waals surface area contributed by atoms with Gasteiger partial charge in [-0.2, -0.15) is 10.5 Å². The van der Waals surface area contributed by atoms with E-state index >= 15 is 0 Å². The van der Waals surface area contributed by atoms with Crippen molar-refractivity contribution < 1.29 is 4.79 Å². The van der Waals surface area contributed by atoms with Crippen LogP contribution in [0, 0.1) is 11.3 Å². The number of hydrogen-bond donors (Lipinski definition) is 2. The first-order valence-corrected chi connectivity index (χ1v) is 6.98. The van der Waals surface area contributed by atoms with Crippen molar-refractivity contribution in [3.8, 4) is 6.07 Å².